The third-order valence-electron chi connectivity index (χ3n) is 4.83. The van der Waals surface area contributed by atoms with E-state index in [1.807, 2.05) is 19.1 Å². The molecule has 0 aliphatic rings. The lowest BCUT2D eigenvalue weighted by atomic mass is 10.2. The molecule has 7 nitrogen and oxygen atoms in total. The van der Waals surface area contributed by atoms with Crippen LogP contribution in [0.15, 0.2) is 54.6 Å². The summed E-state index contributed by atoms with van der Waals surface area (Å²) in [5.41, 5.74) is 3.70. The van der Waals surface area contributed by atoms with Gasteiger partial charge in [-0.05, 0) is 80.2 Å². The minimum atomic E-state index is -0.845. The Morgan fingerprint density at radius 1 is 1.00 bits per heavy atom. The van der Waals surface area contributed by atoms with Gasteiger partial charge in [0.15, 0.2) is 11.2 Å². The number of nitrogens with one attached hydrogen (secondary N) is 2. The van der Waals surface area contributed by atoms with E-state index in [9.17, 15) is 4.79 Å². The van der Waals surface area contributed by atoms with Crippen LogP contribution in [-0.2, 0) is 4.79 Å². The zero-order valence-electron chi connectivity index (χ0n) is 18.0. The number of rotatable bonds is 5. The number of ether oxygens (including phenoxy) is 1. The van der Waals surface area contributed by atoms with E-state index in [0.717, 1.165) is 11.3 Å². The fourth-order valence-electron chi connectivity index (χ4n) is 3.00. The Labute approximate surface area is 215 Å². The number of aryl methyl sites for hydroxylation is 1. The summed E-state index contributed by atoms with van der Waals surface area (Å²) in [6.45, 7) is 3.52. The van der Waals surface area contributed by atoms with Crippen molar-refractivity contribution in [2.45, 2.75) is 20.0 Å². The number of anilines is 1. The zero-order valence-corrected chi connectivity index (χ0v) is 21.1. The molecule has 0 fully saturated rings. The van der Waals surface area contributed by atoms with Gasteiger partial charge in [-0.3, -0.25) is 10.1 Å². The maximum Gasteiger partial charge on any atom is 0.266 e. The molecule has 0 aliphatic carbocycles. The normalized spacial score (nSPS) is 11.8. The Hall–Kier alpha value is -2.91. The van der Waals surface area contributed by atoms with Gasteiger partial charge in [0, 0.05) is 15.7 Å². The molecule has 1 aromatic heterocycles. The van der Waals surface area contributed by atoms with E-state index in [-0.39, 0.29) is 5.11 Å². The van der Waals surface area contributed by atoms with Crippen molar-refractivity contribution in [3.05, 3.63) is 75.2 Å². The average Bonchev–Trinajstić information content (AvgIpc) is 3.20. The minimum Gasteiger partial charge on any atom is -0.479 e. The Morgan fingerprint density at radius 2 is 1.76 bits per heavy atom. The molecule has 0 saturated heterocycles. The van der Waals surface area contributed by atoms with Gasteiger partial charge in [0.2, 0.25) is 0 Å². The molecule has 3 aromatic carbocycles. The highest BCUT2D eigenvalue weighted by Crippen LogP contribution is 2.28. The quantitative estimate of drug-likeness (QED) is 0.307. The van der Waals surface area contributed by atoms with Crippen molar-refractivity contribution in [3.63, 3.8) is 0 Å². The third-order valence-corrected chi connectivity index (χ3v) is 5.97. The fourth-order valence-corrected chi connectivity index (χ4v) is 3.85. The van der Waals surface area contributed by atoms with Gasteiger partial charge in [-0.1, -0.05) is 40.9 Å². The molecule has 11 heteroatoms. The van der Waals surface area contributed by atoms with Crippen molar-refractivity contribution in [2.75, 3.05) is 5.32 Å². The van der Waals surface area contributed by atoms with Crippen molar-refractivity contribution in [2.24, 2.45) is 0 Å². The first kappa shape index (κ1) is 24.2. The first-order valence-electron chi connectivity index (χ1n) is 10.1. The van der Waals surface area contributed by atoms with Crippen LogP contribution in [-0.4, -0.2) is 32.1 Å². The van der Waals surface area contributed by atoms with E-state index >= 15 is 0 Å². The molecule has 0 radical (unpaired) electrons. The number of benzene rings is 3. The monoisotopic (exact) mass is 533 g/mol. The van der Waals surface area contributed by atoms with Gasteiger partial charge in [-0.2, -0.15) is 4.80 Å². The number of thiocarbonyl (C=S) groups is 1. The number of carbonyl (C=O) groups is 1. The van der Waals surface area contributed by atoms with Gasteiger partial charge in [0.25, 0.3) is 5.91 Å². The first-order chi connectivity index (χ1) is 16.2. The molecule has 4 rings (SSSR count). The van der Waals surface area contributed by atoms with E-state index in [1.54, 1.807) is 43.3 Å². The third kappa shape index (κ3) is 5.59. The molecule has 0 spiro atoms. The highest BCUT2D eigenvalue weighted by molar-refractivity contribution is 7.80. The van der Waals surface area contributed by atoms with Crippen LogP contribution in [0.5, 0.6) is 5.75 Å². The van der Waals surface area contributed by atoms with Crippen LogP contribution in [0.25, 0.3) is 16.7 Å². The van der Waals surface area contributed by atoms with Crippen LogP contribution < -0.4 is 15.4 Å². The summed E-state index contributed by atoms with van der Waals surface area (Å²) in [5.74, 6) is -0.0946. The zero-order chi connectivity index (χ0) is 24.4. The molecular weight excluding hydrogens is 517 g/mol. The molecule has 1 heterocycles. The lowest BCUT2D eigenvalue weighted by Crippen LogP contribution is -2.42. The first-order valence-corrected chi connectivity index (χ1v) is 11.6. The highest BCUT2D eigenvalue weighted by Gasteiger charge is 2.18. The standard InChI is InChI=1S/C23H18Cl3N5O2S/c1-12-3-6-16(11-17(12)25)31-29-19-7-5-15(10-20(19)30-31)27-23(34)28-22(32)13(2)33-21-8-4-14(24)9-18(21)26/h3-11,13H,1-2H3,(H2,27,28,32,34). The van der Waals surface area contributed by atoms with Crippen molar-refractivity contribution < 1.29 is 9.53 Å². The molecule has 1 amide bonds. The summed E-state index contributed by atoms with van der Waals surface area (Å²) >= 11 is 23.5. The van der Waals surface area contributed by atoms with Crippen LogP contribution in [0.3, 0.4) is 0 Å². The van der Waals surface area contributed by atoms with Gasteiger partial charge < -0.3 is 10.1 Å². The molecule has 0 bridgehead atoms. The molecule has 4 aromatic rings. The summed E-state index contributed by atoms with van der Waals surface area (Å²) in [6.07, 6.45) is -0.845. The molecule has 0 aliphatic heterocycles. The maximum absolute atomic E-state index is 12.5. The Kier molecular flexibility index (Phi) is 7.23. The number of amides is 1. The van der Waals surface area contributed by atoms with Crippen LogP contribution in [0, 0.1) is 6.92 Å². The molecule has 34 heavy (non-hydrogen) atoms. The molecule has 1 atom stereocenters. The van der Waals surface area contributed by atoms with E-state index in [0.29, 0.717) is 37.5 Å². The summed E-state index contributed by atoms with van der Waals surface area (Å²) in [6, 6.07) is 15.7. The lowest BCUT2D eigenvalue weighted by molar-refractivity contribution is -0.125. The van der Waals surface area contributed by atoms with Crippen molar-refractivity contribution in [1.29, 1.82) is 0 Å². The van der Waals surface area contributed by atoms with Gasteiger partial charge in [-0.15, -0.1) is 10.2 Å². The van der Waals surface area contributed by atoms with Crippen LogP contribution in [0.4, 0.5) is 5.69 Å². The van der Waals surface area contributed by atoms with Gasteiger partial charge in [-0.25, -0.2) is 0 Å². The Balaban J connectivity index is 1.41. The number of fused-ring (bicyclic) bond motifs is 1. The predicted molar refractivity (Wildman–Crippen MR) is 140 cm³/mol. The van der Waals surface area contributed by atoms with E-state index in [2.05, 4.69) is 20.8 Å². The second-order valence-electron chi connectivity index (χ2n) is 7.40. The second-order valence-corrected chi connectivity index (χ2v) is 9.06. The lowest BCUT2D eigenvalue weighted by Gasteiger charge is -2.16. The summed E-state index contributed by atoms with van der Waals surface area (Å²) in [5, 5.41) is 16.1. The number of hydrogen-bond donors (Lipinski definition) is 2. The molecule has 174 valence electrons. The van der Waals surface area contributed by atoms with E-state index in [4.69, 9.17) is 51.8 Å². The number of aromatic nitrogens is 3. The summed E-state index contributed by atoms with van der Waals surface area (Å²) in [4.78, 5) is 14.0. The largest absolute Gasteiger partial charge is 0.479 e. The van der Waals surface area contributed by atoms with Crippen LogP contribution in [0.1, 0.15) is 12.5 Å². The van der Waals surface area contributed by atoms with Crippen LogP contribution in [0.2, 0.25) is 15.1 Å². The summed E-state index contributed by atoms with van der Waals surface area (Å²) < 4.78 is 5.61. The Morgan fingerprint density at radius 3 is 2.50 bits per heavy atom. The van der Waals surface area contributed by atoms with Gasteiger partial charge >= 0.3 is 0 Å². The minimum absolute atomic E-state index is 0.111. The average molecular weight is 535 g/mol. The topological polar surface area (TPSA) is 81.1 Å². The number of carbonyl (C=O) groups excluding carboxylic acids is 1. The molecule has 1 unspecified atom stereocenters. The SMILES string of the molecule is Cc1ccc(-n2nc3ccc(NC(=S)NC(=O)C(C)Oc4ccc(Cl)cc4Cl)cc3n2)cc1Cl. The van der Waals surface area contributed by atoms with Crippen LogP contribution >= 0.6 is 47.0 Å². The second kappa shape index (κ2) is 10.1. The fraction of sp³-hybridized carbons (Fsp3) is 0.130. The van der Waals surface area contributed by atoms with Crippen molar-refractivity contribution >= 4 is 74.8 Å². The van der Waals surface area contributed by atoms with E-state index in [1.165, 1.54) is 10.9 Å². The highest BCUT2D eigenvalue weighted by atomic mass is 35.5. The van der Waals surface area contributed by atoms with Crippen molar-refractivity contribution in [3.8, 4) is 11.4 Å². The Bertz CT molecular complexity index is 1410. The maximum atomic E-state index is 12.5. The predicted octanol–water partition coefficient (Wildman–Crippen LogP) is 5.97. The van der Waals surface area contributed by atoms with Crippen molar-refractivity contribution in [1.82, 2.24) is 20.3 Å². The number of nitrogens with zero attached hydrogens (tertiary/aromatic N) is 3. The summed E-state index contributed by atoms with van der Waals surface area (Å²) in [7, 11) is 0. The van der Waals surface area contributed by atoms with E-state index < -0.39 is 12.0 Å². The molecule has 0 saturated carbocycles. The van der Waals surface area contributed by atoms with Gasteiger partial charge in [0.1, 0.15) is 16.8 Å². The smallest absolute Gasteiger partial charge is 0.266 e. The molecule has 2 N–H and O–H groups in total. The van der Waals surface area contributed by atoms with Gasteiger partial charge in [0.05, 0.1) is 10.7 Å². The molecular formula is C23H18Cl3N5O2S. The number of halogens is 3. The number of hydrogen-bond acceptors (Lipinski definition) is 5.